The van der Waals surface area contributed by atoms with Crippen LogP contribution in [0.25, 0.3) is 0 Å². The number of nitrogens with one attached hydrogen (secondary N) is 1. The minimum absolute atomic E-state index is 0. The number of hydrogen-bond donors (Lipinski definition) is 1. The summed E-state index contributed by atoms with van der Waals surface area (Å²) in [5, 5.41) is 3.33. The van der Waals surface area contributed by atoms with E-state index >= 15 is 0 Å². The maximum atomic E-state index is 12.9. The topological polar surface area (TPSA) is 27.6 Å². The van der Waals surface area contributed by atoms with E-state index in [1.807, 2.05) is 49.3 Å². The Bertz CT molecular complexity index is 597. The highest BCUT2D eigenvalue weighted by molar-refractivity contribution is 14.0. The van der Waals surface area contributed by atoms with Crippen molar-refractivity contribution in [2.24, 2.45) is 4.99 Å². The molecule has 0 aliphatic rings. The quantitative estimate of drug-likeness (QED) is 0.448. The van der Waals surface area contributed by atoms with Gasteiger partial charge in [0.2, 0.25) is 0 Å². The fourth-order valence-corrected chi connectivity index (χ4v) is 2.07. The van der Waals surface area contributed by atoms with Crippen LogP contribution in [0, 0.1) is 5.82 Å². The van der Waals surface area contributed by atoms with E-state index in [1.54, 1.807) is 0 Å². The van der Waals surface area contributed by atoms with Crippen molar-refractivity contribution < 1.29 is 4.39 Å². The van der Waals surface area contributed by atoms with Crippen molar-refractivity contribution in [2.45, 2.75) is 13.0 Å². The second-order valence-corrected chi connectivity index (χ2v) is 5.32. The second-order valence-electron chi connectivity index (χ2n) is 5.32. The van der Waals surface area contributed by atoms with Crippen LogP contribution >= 0.6 is 24.0 Å². The molecule has 2 rings (SSSR count). The maximum Gasteiger partial charge on any atom is 0.193 e. The summed E-state index contributed by atoms with van der Waals surface area (Å²) in [6.07, 6.45) is 0.832. The first kappa shape index (κ1) is 19.4. The number of guanidine groups is 1. The SMILES string of the molecule is CN(C)C(=NCc1ccccc1)NCCc1ccc(F)cc1.I. The molecular weight excluding hydrogens is 404 g/mol. The van der Waals surface area contributed by atoms with E-state index in [0.717, 1.165) is 24.5 Å². The minimum Gasteiger partial charge on any atom is -0.356 e. The second kappa shape index (κ2) is 10.2. The van der Waals surface area contributed by atoms with E-state index in [9.17, 15) is 4.39 Å². The highest BCUT2D eigenvalue weighted by Gasteiger charge is 2.02. The highest BCUT2D eigenvalue weighted by Crippen LogP contribution is 2.03. The standard InChI is InChI=1S/C18H22FN3.HI/c1-22(2)18(21-14-16-6-4-3-5-7-16)20-13-12-15-8-10-17(19)11-9-15;/h3-11H,12-14H2,1-2H3,(H,20,21);1H. The molecule has 2 aromatic carbocycles. The molecule has 0 aliphatic heterocycles. The zero-order chi connectivity index (χ0) is 15.8. The third kappa shape index (κ3) is 6.99. The predicted molar refractivity (Wildman–Crippen MR) is 105 cm³/mol. The van der Waals surface area contributed by atoms with Crippen LogP contribution in [0.15, 0.2) is 59.6 Å². The first-order chi connectivity index (χ1) is 10.6. The average molecular weight is 427 g/mol. The van der Waals surface area contributed by atoms with Gasteiger partial charge in [-0.3, -0.25) is 0 Å². The van der Waals surface area contributed by atoms with Gasteiger partial charge < -0.3 is 10.2 Å². The van der Waals surface area contributed by atoms with Gasteiger partial charge in [-0.05, 0) is 29.7 Å². The van der Waals surface area contributed by atoms with Gasteiger partial charge in [-0.15, -0.1) is 24.0 Å². The van der Waals surface area contributed by atoms with Crippen LogP contribution in [0.3, 0.4) is 0 Å². The molecule has 3 nitrogen and oxygen atoms in total. The van der Waals surface area contributed by atoms with Gasteiger partial charge in [-0.2, -0.15) is 0 Å². The van der Waals surface area contributed by atoms with Crippen molar-refractivity contribution in [3.63, 3.8) is 0 Å². The molecule has 0 fully saturated rings. The maximum absolute atomic E-state index is 12.9. The molecule has 124 valence electrons. The summed E-state index contributed by atoms with van der Waals surface area (Å²) in [7, 11) is 3.93. The van der Waals surface area contributed by atoms with Gasteiger partial charge in [-0.1, -0.05) is 42.5 Å². The molecule has 0 atom stereocenters. The molecule has 0 aromatic heterocycles. The molecule has 0 spiro atoms. The Kier molecular flexibility index (Phi) is 8.61. The lowest BCUT2D eigenvalue weighted by atomic mass is 10.1. The lowest BCUT2D eigenvalue weighted by Gasteiger charge is -2.17. The van der Waals surface area contributed by atoms with Crippen molar-refractivity contribution in [3.8, 4) is 0 Å². The van der Waals surface area contributed by atoms with Gasteiger partial charge in [0.1, 0.15) is 5.82 Å². The monoisotopic (exact) mass is 427 g/mol. The molecule has 1 N–H and O–H groups in total. The number of aliphatic imine (C=N–C) groups is 1. The van der Waals surface area contributed by atoms with Crippen molar-refractivity contribution >= 4 is 29.9 Å². The van der Waals surface area contributed by atoms with E-state index in [0.29, 0.717) is 6.54 Å². The summed E-state index contributed by atoms with van der Waals surface area (Å²) < 4.78 is 12.9. The molecule has 2 aromatic rings. The molecule has 0 heterocycles. The van der Waals surface area contributed by atoms with E-state index in [1.165, 1.54) is 17.7 Å². The normalized spacial score (nSPS) is 10.8. The van der Waals surface area contributed by atoms with Crippen LogP contribution in [0.4, 0.5) is 4.39 Å². The molecule has 0 saturated carbocycles. The molecule has 0 bridgehead atoms. The molecule has 0 saturated heterocycles. The molecule has 0 amide bonds. The zero-order valence-corrected chi connectivity index (χ0v) is 15.8. The first-order valence-corrected chi connectivity index (χ1v) is 7.39. The Morgan fingerprint density at radius 1 is 1.00 bits per heavy atom. The molecule has 0 aliphatic carbocycles. The Morgan fingerprint density at radius 2 is 1.65 bits per heavy atom. The number of rotatable bonds is 5. The van der Waals surface area contributed by atoms with Gasteiger partial charge in [-0.25, -0.2) is 9.38 Å². The highest BCUT2D eigenvalue weighted by atomic mass is 127. The Hall–Kier alpha value is -1.63. The summed E-state index contributed by atoms with van der Waals surface area (Å²) in [4.78, 5) is 6.58. The minimum atomic E-state index is -0.199. The summed E-state index contributed by atoms with van der Waals surface area (Å²) in [5.74, 6) is 0.654. The number of benzene rings is 2. The average Bonchev–Trinajstić information content (AvgIpc) is 2.53. The van der Waals surface area contributed by atoms with Gasteiger partial charge >= 0.3 is 0 Å². The fourth-order valence-electron chi connectivity index (χ4n) is 2.07. The van der Waals surface area contributed by atoms with Crippen LogP contribution in [-0.2, 0) is 13.0 Å². The predicted octanol–water partition coefficient (Wildman–Crippen LogP) is 3.69. The molecule has 0 unspecified atom stereocenters. The third-order valence-corrected chi connectivity index (χ3v) is 3.29. The summed E-state index contributed by atoms with van der Waals surface area (Å²) in [6.45, 7) is 1.41. The first-order valence-electron chi connectivity index (χ1n) is 7.39. The zero-order valence-electron chi connectivity index (χ0n) is 13.5. The lowest BCUT2D eigenvalue weighted by molar-refractivity contribution is 0.579. The van der Waals surface area contributed by atoms with Crippen LogP contribution in [0.1, 0.15) is 11.1 Å². The van der Waals surface area contributed by atoms with Crippen molar-refractivity contribution in [1.82, 2.24) is 10.2 Å². The van der Waals surface area contributed by atoms with Gasteiger partial charge in [0, 0.05) is 20.6 Å². The largest absolute Gasteiger partial charge is 0.356 e. The third-order valence-electron chi connectivity index (χ3n) is 3.29. The smallest absolute Gasteiger partial charge is 0.193 e. The van der Waals surface area contributed by atoms with Gasteiger partial charge in [0.05, 0.1) is 6.54 Å². The number of halogens is 2. The number of hydrogen-bond acceptors (Lipinski definition) is 1. The molecule has 23 heavy (non-hydrogen) atoms. The van der Waals surface area contributed by atoms with Crippen LogP contribution < -0.4 is 5.32 Å². The van der Waals surface area contributed by atoms with E-state index in [4.69, 9.17) is 0 Å². The van der Waals surface area contributed by atoms with Gasteiger partial charge in [0.15, 0.2) is 5.96 Å². The van der Waals surface area contributed by atoms with E-state index in [-0.39, 0.29) is 29.8 Å². The van der Waals surface area contributed by atoms with E-state index < -0.39 is 0 Å². The van der Waals surface area contributed by atoms with Crippen LogP contribution in [-0.4, -0.2) is 31.5 Å². The summed E-state index contributed by atoms with van der Waals surface area (Å²) in [5.41, 5.74) is 2.29. The molecule has 0 radical (unpaired) electrons. The molecule has 5 heteroatoms. The van der Waals surface area contributed by atoms with Crippen LogP contribution in [0.5, 0.6) is 0 Å². The van der Waals surface area contributed by atoms with Crippen molar-refractivity contribution in [2.75, 3.05) is 20.6 Å². The summed E-state index contributed by atoms with van der Waals surface area (Å²) in [6, 6.07) is 16.8. The number of nitrogens with zero attached hydrogens (tertiary/aromatic N) is 2. The Labute approximate surface area is 154 Å². The Balaban J connectivity index is 0.00000264. The van der Waals surface area contributed by atoms with Crippen molar-refractivity contribution in [3.05, 3.63) is 71.5 Å². The van der Waals surface area contributed by atoms with Gasteiger partial charge in [0.25, 0.3) is 0 Å². The Morgan fingerprint density at radius 3 is 2.26 bits per heavy atom. The fraction of sp³-hybridized carbons (Fsp3) is 0.278. The van der Waals surface area contributed by atoms with Crippen LogP contribution in [0.2, 0.25) is 0 Å². The van der Waals surface area contributed by atoms with Crippen molar-refractivity contribution in [1.29, 1.82) is 0 Å². The molecular formula is C18H23FIN3. The summed E-state index contributed by atoms with van der Waals surface area (Å²) >= 11 is 0. The lowest BCUT2D eigenvalue weighted by Crippen LogP contribution is -2.37. The van der Waals surface area contributed by atoms with E-state index in [2.05, 4.69) is 22.4 Å².